The van der Waals surface area contributed by atoms with Gasteiger partial charge >= 0.3 is 6.09 Å². The summed E-state index contributed by atoms with van der Waals surface area (Å²) in [7, 11) is 3.58. The molecule has 1 amide bonds. The van der Waals surface area contributed by atoms with Crippen molar-refractivity contribution in [3.05, 3.63) is 11.9 Å². The number of allylic oxidation sites excluding steroid dienone is 1. The lowest BCUT2D eigenvalue weighted by Crippen LogP contribution is -2.26. The van der Waals surface area contributed by atoms with Crippen LogP contribution in [0.3, 0.4) is 0 Å². The van der Waals surface area contributed by atoms with Gasteiger partial charge < -0.3 is 10.0 Å². The van der Waals surface area contributed by atoms with Crippen molar-refractivity contribution in [2.24, 2.45) is 0 Å². The number of carbonyl (C=O) groups is 2. The number of ketones is 1. The minimum absolute atomic E-state index is 0.0188. The van der Waals surface area contributed by atoms with E-state index in [1.54, 1.807) is 25.2 Å². The Morgan fingerprint density at radius 3 is 2.69 bits per heavy atom. The summed E-state index contributed by atoms with van der Waals surface area (Å²) in [6, 6.07) is 0. The lowest BCUT2D eigenvalue weighted by molar-refractivity contribution is -0.116. The Balaban J connectivity index is 2.83. The second-order valence-electron chi connectivity index (χ2n) is 3.17. The van der Waals surface area contributed by atoms with Crippen LogP contribution in [0.1, 0.15) is 6.42 Å². The Labute approximate surface area is 76.2 Å². The monoisotopic (exact) mass is 184 g/mol. The molecule has 1 rings (SSSR count). The summed E-state index contributed by atoms with van der Waals surface area (Å²) in [5, 5.41) is 8.73. The zero-order valence-electron chi connectivity index (χ0n) is 7.65. The van der Waals surface area contributed by atoms with Crippen molar-refractivity contribution in [1.82, 2.24) is 9.80 Å². The molecule has 0 aromatic carbocycles. The van der Waals surface area contributed by atoms with Gasteiger partial charge in [0.05, 0.1) is 13.0 Å². The van der Waals surface area contributed by atoms with Crippen LogP contribution in [0, 0.1) is 0 Å². The highest BCUT2D eigenvalue weighted by Gasteiger charge is 2.28. The molecule has 0 bridgehead atoms. The molecule has 0 aromatic rings. The molecule has 0 unspecified atom stereocenters. The van der Waals surface area contributed by atoms with E-state index < -0.39 is 6.09 Å². The Kier molecular flexibility index (Phi) is 2.55. The number of hydrogen-bond donors (Lipinski definition) is 1. The van der Waals surface area contributed by atoms with Gasteiger partial charge in [-0.3, -0.25) is 9.69 Å². The molecule has 5 heteroatoms. The molecule has 0 aromatic heterocycles. The number of Topliss-reactive ketones (excluding diaryl/α,β-unsaturated/α-hetero) is 1. The van der Waals surface area contributed by atoms with Crippen molar-refractivity contribution in [2.45, 2.75) is 6.42 Å². The maximum atomic E-state index is 11.0. The van der Waals surface area contributed by atoms with Gasteiger partial charge in [-0.05, 0) is 0 Å². The first-order chi connectivity index (χ1) is 6.00. The van der Waals surface area contributed by atoms with Gasteiger partial charge in [-0.15, -0.1) is 0 Å². The van der Waals surface area contributed by atoms with Crippen LogP contribution in [0.2, 0.25) is 0 Å². The molecule has 1 aliphatic heterocycles. The molecule has 72 valence electrons. The summed E-state index contributed by atoms with van der Waals surface area (Å²) >= 11 is 0. The van der Waals surface area contributed by atoms with Crippen LogP contribution in [-0.2, 0) is 4.79 Å². The number of carboxylic acid groups (broad SMARTS) is 1. The Morgan fingerprint density at radius 1 is 1.62 bits per heavy atom. The van der Waals surface area contributed by atoms with Crippen molar-refractivity contribution in [2.75, 3.05) is 20.6 Å². The van der Waals surface area contributed by atoms with E-state index in [9.17, 15) is 9.59 Å². The first kappa shape index (κ1) is 9.57. The molecule has 1 aliphatic rings. The molecular formula is C8H12N2O3. The van der Waals surface area contributed by atoms with Crippen molar-refractivity contribution in [3.63, 3.8) is 0 Å². The van der Waals surface area contributed by atoms with E-state index in [0.29, 0.717) is 5.70 Å². The third-order valence-electron chi connectivity index (χ3n) is 1.70. The average molecular weight is 184 g/mol. The predicted molar refractivity (Wildman–Crippen MR) is 46.1 cm³/mol. The van der Waals surface area contributed by atoms with Crippen molar-refractivity contribution < 1.29 is 14.7 Å². The fourth-order valence-corrected chi connectivity index (χ4v) is 1.24. The molecule has 0 aliphatic carbocycles. The minimum atomic E-state index is -1.07. The average Bonchev–Trinajstić information content (AvgIpc) is 2.29. The zero-order valence-corrected chi connectivity index (χ0v) is 7.65. The van der Waals surface area contributed by atoms with E-state index in [0.717, 1.165) is 4.90 Å². The maximum absolute atomic E-state index is 11.0. The molecule has 5 nitrogen and oxygen atoms in total. The second-order valence-corrected chi connectivity index (χ2v) is 3.17. The summed E-state index contributed by atoms with van der Waals surface area (Å²) in [5.74, 6) is -0.0597. The summed E-state index contributed by atoms with van der Waals surface area (Å²) in [4.78, 5) is 24.4. The molecule has 1 fully saturated rings. The van der Waals surface area contributed by atoms with Gasteiger partial charge in [-0.2, -0.15) is 0 Å². The summed E-state index contributed by atoms with van der Waals surface area (Å²) in [5.41, 5.74) is 0.544. The standard InChI is InChI=1S/C8H12N2O3/c1-9(2)4-6-3-7(11)5-10(6)8(12)13/h4H,3,5H2,1-2H3,(H,12,13). The van der Waals surface area contributed by atoms with Gasteiger partial charge in [0.2, 0.25) is 0 Å². The lowest BCUT2D eigenvalue weighted by atomic mass is 10.3. The van der Waals surface area contributed by atoms with E-state index >= 15 is 0 Å². The van der Waals surface area contributed by atoms with Crippen LogP contribution < -0.4 is 0 Å². The fourth-order valence-electron chi connectivity index (χ4n) is 1.24. The molecule has 0 atom stereocenters. The highest BCUT2D eigenvalue weighted by molar-refractivity contribution is 5.90. The quantitative estimate of drug-likeness (QED) is 0.638. The van der Waals surface area contributed by atoms with E-state index in [1.807, 2.05) is 0 Å². The first-order valence-corrected chi connectivity index (χ1v) is 3.90. The molecule has 13 heavy (non-hydrogen) atoms. The smallest absolute Gasteiger partial charge is 0.412 e. The molecular weight excluding hydrogens is 172 g/mol. The van der Waals surface area contributed by atoms with Crippen molar-refractivity contribution >= 4 is 11.9 Å². The highest BCUT2D eigenvalue weighted by Crippen LogP contribution is 2.18. The molecule has 1 N–H and O–H groups in total. The number of hydrogen-bond acceptors (Lipinski definition) is 3. The number of rotatable bonds is 1. The van der Waals surface area contributed by atoms with Gasteiger partial charge in [0, 0.05) is 26.0 Å². The molecule has 0 spiro atoms. The first-order valence-electron chi connectivity index (χ1n) is 3.90. The van der Waals surface area contributed by atoms with Crippen LogP contribution in [0.5, 0.6) is 0 Å². The molecule has 0 saturated carbocycles. The van der Waals surface area contributed by atoms with Crippen LogP contribution in [0.15, 0.2) is 11.9 Å². The summed E-state index contributed by atoms with van der Waals surface area (Å²) < 4.78 is 0. The van der Waals surface area contributed by atoms with Crippen molar-refractivity contribution in [3.8, 4) is 0 Å². The van der Waals surface area contributed by atoms with Gasteiger partial charge in [-0.1, -0.05) is 0 Å². The summed E-state index contributed by atoms with van der Waals surface area (Å²) in [6.45, 7) is -0.0188. The highest BCUT2D eigenvalue weighted by atomic mass is 16.4. The fraction of sp³-hybridized carbons (Fsp3) is 0.500. The maximum Gasteiger partial charge on any atom is 0.412 e. The third kappa shape index (κ3) is 2.21. The minimum Gasteiger partial charge on any atom is -0.465 e. The Bertz CT molecular complexity index is 271. The van der Waals surface area contributed by atoms with E-state index in [2.05, 4.69) is 0 Å². The van der Waals surface area contributed by atoms with E-state index in [4.69, 9.17) is 5.11 Å². The van der Waals surface area contributed by atoms with Gasteiger partial charge in [0.25, 0.3) is 0 Å². The van der Waals surface area contributed by atoms with Crippen LogP contribution >= 0.6 is 0 Å². The lowest BCUT2D eigenvalue weighted by Gasteiger charge is -2.14. The molecule has 0 radical (unpaired) electrons. The largest absolute Gasteiger partial charge is 0.465 e. The topological polar surface area (TPSA) is 60.9 Å². The third-order valence-corrected chi connectivity index (χ3v) is 1.70. The number of carbonyl (C=O) groups excluding carboxylic acids is 1. The number of amides is 1. The molecule has 1 saturated heterocycles. The van der Waals surface area contributed by atoms with Crippen LogP contribution in [0.4, 0.5) is 4.79 Å². The summed E-state index contributed by atoms with van der Waals surface area (Å²) in [6.07, 6.45) is 0.794. The SMILES string of the molecule is CN(C)C=C1CC(=O)CN1C(=O)O. The van der Waals surface area contributed by atoms with Crippen LogP contribution in [0.25, 0.3) is 0 Å². The van der Waals surface area contributed by atoms with Crippen molar-refractivity contribution in [1.29, 1.82) is 0 Å². The number of nitrogens with zero attached hydrogens (tertiary/aromatic N) is 2. The molecule has 1 heterocycles. The van der Waals surface area contributed by atoms with Crippen LogP contribution in [-0.4, -0.2) is 47.4 Å². The van der Waals surface area contributed by atoms with E-state index in [-0.39, 0.29) is 18.7 Å². The Hall–Kier alpha value is -1.52. The Morgan fingerprint density at radius 2 is 2.23 bits per heavy atom. The number of likely N-dealkylation sites (tertiary alicyclic amines) is 1. The predicted octanol–water partition coefficient (Wildman–Crippen LogP) is 0.342. The normalized spacial score (nSPS) is 19.7. The zero-order chi connectivity index (χ0) is 10.0. The van der Waals surface area contributed by atoms with E-state index in [1.165, 1.54) is 0 Å². The van der Waals surface area contributed by atoms with Gasteiger partial charge in [0.15, 0.2) is 5.78 Å². The van der Waals surface area contributed by atoms with Gasteiger partial charge in [-0.25, -0.2) is 4.79 Å². The van der Waals surface area contributed by atoms with Gasteiger partial charge in [0.1, 0.15) is 0 Å². The second kappa shape index (κ2) is 3.47.